The summed E-state index contributed by atoms with van der Waals surface area (Å²) in [5, 5.41) is 0. The van der Waals surface area contributed by atoms with E-state index >= 15 is 0 Å². The summed E-state index contributed by atoms with van der Waals surface area (Å²) in [6, 6.07) is 18.0. The largest absolute Gasteiger partial charge is 0.463 e. The van der Waals surface area contributed by atoms with E-state index < -0.39 is 22.7 Å². The minimum atomic E-state index is -0.643. The van der Waals surface area contributed by atoms with Gasteiger partial charge in [-0.05, 0) is 74.6 Å². The Morgan fingerprint density at radius 3 is 2.17 bits per heavy atom. The Bertz CT molecular complexity index is 1310. The van der Waals surface area contributed by atoms with Crippen LogP contribution in [-0.4, -0.2) is 48.4 Å². The standard InChI is InChI=1S/C34H40O7/c1-23-14-15-26-31(2,21-39-29(36)24-10-6-4-7-11-24)27(40-30(37)25-12-8-5-9-13-25)16-17-32(26,3)34(23)19-18-33(41-34)20-28(35)38-22-33/h4-13,23,26-27H,14-22H2,1-3H3/t23-,26-,27-,31-,32-,33-,34-/m0/s1. The van der Waals surface area contributed by atoms with Gasteiger partial charge in [-0.2, -0.15) is 0 Å². The first-order valence-corrected chi connectivity index (χ1v) is 14.9. The lowest BCUT2D eigenvalue weighted by atomic mass is 9.43. The van der Waals surface area contributed by atoms with Crippen LogP contribution in [0.1, 0.15) is 86.4 Å². The molecule has 7 atom stereocenters. The molecule has 0 bridgehead atoms. The van der Waals surface area contributed by atoms with Gasteiger partial charge in [-0.25, -0.2) is 9.59 Å². The molecule has 4 fully saturated rings. The lowest BCUT2D eigenvalue weighted by Gasteiger charge is -2.65. The average molecular weight is 561 g/mol. The van der Waals surface area contributed by atoms with Crippen LogP contribution in [0.4, 0.5) is 0 Å². The summed E-state index contributed by atoms with van der Waals surface area (Å²) >= 11 is 0. The SMILES string of the molecule is C[C@H]1CC[C@H]2[C@](C)(COC(=O)c3ccccc3)[C@@H](OC(=O)c3ccccc3)CC[C@]2(C)[C@]12CC[C@]1(COC(=O)C1)O2. The number of hydrogen-bond acceptors (Lipinski definition) is 7. The van der Waals surface area contributed by atoms with Crippen LogP contribution < -0.4 is 0 Å². The summed E-state index contributed by atoms with van der Waals surface area (Å²) in [6.07, 6.45) is 4.79. The molecular formula is C34H40O7. The first-order valence-electron chi connectivity index (χ1n) is 14.9. The molecule has 0 N–H and O–H groups in total. The van der Waals surface area contributed by atoms with Crippen LogP contribution in [0.5, 0.6) is 0 Å². The van der Waals surface area contributed by atoms with Crippen molar-refractivity contribution in [1.29, 1.82) is 0 Å². The first kappa shape index (κ1) is 28.0. The highest BCUT2D eigenvalue weighted by molar-refractivity contribution is 5.90. The minimum Gasteiger partial charge on any atom is -0.463 e. The van der Waals surface area contributed by atoms with E-state index in [9.17, 15) is 14.4 Å². The molecule has 6 rings (SSSR count). The monoisotopic (exact) mass is 560 g/mol. The van der Waals surface area contributed by atoms with Gasteiger partial charge in [0, 0.05) is 10.8 Å². The lowest BCUT2D eigenvalue weighted by molar-refractivity contribution is -0.265. The topological polar surface area (TPSA) is 88.1 Å². The number of cyclic esters (lactones) is 1. The van der Waals surface area contributed by atoms with Gasteiger partial charge in [0.1, 0.15) is 24.9 Å². The first-order chi connectivity index (χ1) is 19.6. The van der Waals surface area contributed by atoms with Crippen molar-refractivity contribution in [2.75, 3.05) is 13.2 Å². The van der Waals surface area contributed by atoms with Crippen molar-refractivity contribution >= 4 is 17.9 Å². The lowest BCUT2D eigenvalue weighted by Crippen LogP contribution is -2.67. The fourth-order valence-electron chi connectivity index (χ4n) is 8.75. The zero-order valence-electron chi connectivity index (χ0n) is 24.2. The number of carbonyl (C=O) groups excluding carboxylic acids is 3. The molecule has 2 heterocycles. The summed E-state index contributed by atoms with van der Waals surface area (Å²) < 4.78 is 24.8. The molecular weight excluding hydrogens is 520 g/mol. The van der Waals surface area contributed by atoms with Gasteiger partial charge in [0.2, 0.25) is 0 Å². The molecule has 7 nitrogen and oxygen atoms in total. The van der Waals surface area contributed by atoms with Crippen LogP contribution in [-0.2, 0) is 23.7 Å². The molecule has 4 aliphatic rings. The Morgan fingerprint density at radius 2 is 1.54 bits per heavy atom. The third-order valence-electron chi connectivity index (χ3n) is 11.0. The molecule has 2 aromatic rings. The van der Waals surface area contributed by atoms with Gasteiger partial charge in [-0.1, -0.05) is 57.2 Å². The zero-order chi connectivity index (χ0) is 28.9. The summed E-state index contributed by atoms with van der Waals surface area (Å²) in [5.41, 5.74) is -0.927. The van der Waals surface area contributed by atoms with Crippen LogP contribution in [0.15, 0.2) is 60.7 Å². The maximum absolute atomic E-state index is 13.3. The van der Waals surface area contributed by atoms with Gasteiger partial charge in [-0.3, -0.25) is 4.79 Å². The van der Waals surface area contributed by atoms with Crippen molar-refractivity contribution in [3.05, 3.63) is 71.8 Å². The molecule has 218 valence electrons. The Balaban J connectivity index is 1.33. The predicted molar refractivity (Wildman–Crippen MR) is 151 cm³/mol. The molecule has 2 aliphatic carbocycles. The van der Waals surface area contributed by atoms with E-state index in [2.05, 4.69) is 20.8 Å². The van der Waals surface area contributed by atoms with Crippen molar-refractivity contribution < 1.29 is 33.3 Å². The molecule has 2 saturated heterocycles. The van der Waals surface area contributed by atoms with Crippen molar-refractivity contribution in [2.45, 2.75) is 83.0 Å². The van der Waals surface area contributed by atoms with Gasteiger partial charge in [-0.15, -0.1) is 0 Å². The zero-order valence-corrected chi connectivity index (χ0v) is 24.2. The number of fused-ring (bicyclic) bond motifs is 2. The van der Waals surface area contributed by atoms with Crippen molar-refractivity contribution in [1.82, 2.24) is 0 Å². The Kier molecular flexibility index (Phi) is 7.00. The fourth-order valence-corrected chi connectivity index (χ4v) is 8.75. The van der Waals surface area contributed by atoms with Gasteiger partial charge >= 0.3 is 17.9 Å². The third-order valence-corrected chi connectivity index (χ3v) is 11.0. The van der Waals surface area contributed by atoms with Gasteiger partial charge < -0.3 is 18.9 Å². The second-order valence-corrected chi connectivity index (χ2v) is 13.2. The molecule has 2 saturated carbocycles. The van der Waals surface area contributed by atoms with E-state index in [0.717, 1.165) is 32.1 Å². The second-order valence-electron chi connectivity index (χ2n) is 13.2. The molecule has 0 amide bonds. The Hall–Kier alpha value is -3.19. The number of benzene rings is 2. The van der Waals surface area contributed by atoms with E-state index in [-0.39, 0.29) is 35.8 Å². The quantitative estimate of drug-likeness (QED) is 0.320. The molecule has 41 heavy (non-hydrogen) atoms. The van der Waals surface area contributed by atoms with E-state index in [1.165, 1.54) is 0 Å². The van der Waals surface area contributed by atoms with Crippen LogP contribution in [0.25, 0.3) is 0 Å². The van der Waals surface area contributed by atoms with E-state index in [0.29, 0.717) is 36.5 Å². The van der Waals surface area contributed by atoms with Gasteiger partial charge in [0.05, 0.1) is 23.1 Å². The summed E-state index contributed by atoms with van der Waals surface area (Å²) in [4.78, 5) is 38.6. The summed E-state index contributed by atoms with van der Waals surface area (Å²) in [7, 11) is 0. The predicted octanol–water partition coefficient (Wildman–Crippen LogP) is 6.16. The highest BCUT2D eigenvalue weighted by Gasteiger charge is 2.70. The molecule has 0 unspecified atom stereocenters. The Labute approximate surface area is 241 Å². The van der Waals surface area contributed by atoms with Crippen molar-refractivity contribution in [3.63, 3.8) is 0 Å². The van der Waals surface area contributed by atoms with Gasteiger partial charge in [0.15, 0.2) is 0 Å². The van der Waals surface area contributed by atoms with E-state index in [4.69, 9.17) is 18.9 Å². The van der Waals surface area contributed by atoms with Crippen molar-refractivity contribution in [3.8, 4) is 0 Å². The van der Waals surface area contributed by atoms with Crippen LogP contribution in [0.3, 0.4) is 0 Å². The summed E-state index contributed by atoms with van der Waals surface area (Å²) in [5.74, 6) is -0.592. The smallest absolute Gasteiger partial charge is 0.338 e. The molecule has 2 spiro atoms. The molecule has 0 aromatic heterocycles. The number of ether oxygens (including phenoxy) is 4. The third kappa shape index (κ3) is 4.57. The highest BCUT2D eigenvalue weighted by Crippen LogP contribution is 2.68. The van der Waals surface area contributed by atoms with Crippen molar-refractivity contribution in [2.24, 2.45) is 22.7 Å². The summed E-state index contributed by atoms with van der Waals surface area (Å²) in [6.45, 7) is 7.14. The maximum Gasteiger partial charge on any atom is 0.338 e. The molecule has 7 heteroatoms. The number of esters is 3. The Morgan fingerprint density at radius 1 is 0.878 bits per heavy atom. The van der Waals surface area contributed by atoms with Crippen LogP contribution >= 0.6 is 0 Å². The fraction of sp³-hybridized carbons (Fsp3) is 0.559. The number of rotatable bonds is 5. The molecule has 2 aromatic carbocycles. The van der Waals surface area contributed by atoms with E-state index in [1.807, 2.05) is 36.4 Å². The normalized spacial score (nSPS) is 37.9. The van der Waals surface area contributed by atoms with Crippen LogP contribution in [0, 0.1) is 22.7 Å². The molecule has 0 radical (unpaired) electrons. The number of hydrogen-bond donors (Lipinski definition) is 0. The minimum absolute atomic E-state index is 0.0604. The highest BCUT2D eigenvalue weighted by atomic mass is 16.6. The maximum atomic E-state index is 13.3. The molecule has 2 aliphatic heterocycles. The average Bonchev–Trinajstić information content (AvgIpc) is 3.55. The number of carbonyl (C=O) groups is 3. The second kappa shape index (κ2) is 10.3. The van der Waals surface area contributed by atoms with Crippen LogP contribution in [0.2, 0.25) is 0 Å². The van der Waals surface area contributed by atoms with E-state index in [1.54, 1.807) is 24.3 Å². The van der Waals surface area contributed by atoms with Gasteiger partial charge in [0.25, 0.3) is 0 Å².